The highest BCUT2D eigenvalue weighted by atomic mass is 16.5. The van der Waals surface area contributed by atoms with E-state index >= 15 is 0 Å². The molecule has 2 atom stereocenters. The van der Waals surface area contributed by atoms with E-state index in [2.05, 4.69) is 28.2 Å². The smallest absolute Gasteiger partial charge is 0.102 e. The fourth-order valence-electron chi connectivity index (χ4n) is 2.52. The molecule has 0 spiro atoms. The molecule has 5 nitrogen and oxygen atoms in total. The van der Waals surface area contributed by atoms with Gasteiger partial charge in [-0.1, -0.05) is 6.92 Å². The van der Waals surface area contributed by atoms with Crippen molar-refractivity contribution in [3.8, 4) is 0 Å². The summed E-state index contributed by atoms with van der Waals surface area (Å²) in [6, 6.07) is 2.07. The lowest BCUT2D eigenvalue weighted by molar-refractivity contribution is -0.00461. The molecule has 5 heteroatoms. The van der Waals surface area contributed by atoms with Gasteiger partial charge in [-0.05, 0) is 12.6 Å². The van der Waals surface area contributed by atoms with E-state index in [-0.39, 0.29) is 12.2 Å². The van der Waals surface area contributed by atoms with Crippen molar-refractivity contribution in [3.63, 3.8) is 0 Å². The molecule has 0 aliphatic carbocycles. The molecule has 0 bridgehead atoms. The summed E-state index contributed by atoms with van der Waals surface area (Å²) in [6.07, 6.45) is 4.03. The van der Waals surface area contributed by atoms with Gasteiger partial charge < -0.3 is 19.7 Å². The van der Waals surface area contributed by atoms with Crippen LogP contribution >= 0.6 is 0 Å². The van der Waals surface area contributed by atoms with E-state index in [4.69, 9.17) is 9.47 Å². The minimum Gasteiger partial charge on any atom is -0.377 e. The molecule has 2 rings (SSSR count). The average molecular weight is 265 g/mol. The van der Waals surface area contributed by atoms with Crippen molar-refractivity contribution in [1.29, 1.82) is 0 Å². The van der Waals surface area contributed by atoms with Gasteiger partial charge in [0.1, 0.15) is 12.2 Å². The number of methoxy groups -OCH3 is 2. The van der Waals surface area contributed by atoms with Crippen molar-refractivity contribution in [2.75, 3.05) is 38.8 Å². The highest BCUT2D eigenvalue weighted by Gasteiger charge is 2.33. The summed E-state index contributed by atoms with van der Waals surface area (Å²) < 4.78 is 11.0. The molecule has 1 saturated heterocycles. The Kier molecular flexibility index (Phi) is 5.13. The van der Waals surface area contributed by atoms with Crippen LogP contribution < -0.4 is 10.2 Å². The first-order valence-electron chi connectivity index (χ1n) is 6.74. The zero-order chi connectivity index (χ0) is 13.7. The maximum Gasteiger partial charge on any atom is 0.102 e. The van der Waals surface area contributed by atoms with E-state index < -0.39 is 0 Å². The molecule has 0 aromatic carbocycles. The fourth-order valence-corrected chi connectivity index (χ4v) is 2.52. The molecule has 1 aliphatic heterocycles. The zero-order valence-corrected chi connectivity index (χ0v) is 11.9. The van der Waals surface area contributed by atoms with Crippen LogP contribution in [-0.4, -0.2) is 51.0 Å². The number of ether oxygens (including phenoxy) is 2. The van der Waals surface area contributed by atoms with Crippen LogP contribution in [-0.2, 0) is 16.0 Å². The Labute approximate surface area is 114 Å². The molecule has 1 aromatic rings. The molecule has 1 aliphatic rings. The van der Waals surface area contributed by atoms with Crippen molar-refractivity contribution in [2.24, 2.45) is 0 Å². The Bertz CT molecular complexity index is 388. The summed E-state index contributed by atoms with van der Waals surface area (Å²) in [5.41, 5.74) is 2.44. The van der Waals surface area contributed by atoms with Crippen LogP contribution in [0.3, 0.4) is 0 Å². The van der Waals surface area contributed by atoms with Gasteiger partial charge in [0.05, 0.1) is 0 Å². The number of rotatable bonds is 6. The van der Waals surface area contributed by atoms with Gasteiger partial charge in [-0.3, -0.25) is 4.98 Å². The minimum absolute atomic E-state index is 0.130. The summed E-state index contributed by atoms with van der Waals surface area (Å²) in [6.45, 7) is 5.62. The predicted molar refractivity (Wildman–Crippen MR) is 75.4 cm³/mol. The average Bonchev–Trinajstić information content (AvgIpc) is 2.88. The standard InChI is InChI=1S/C14H23N3O2/c1-4-15-7-11-8-16-6-5-12(11)17-9-13(18-2)14(10-17)19-3/h5-6,8,13-15H,4,7,9-10H2,1-3H3. The molecule has 1 N–H and O–H groups in total. The van der Waals surface area contributed by atoms with Gasteiger partial charge in [-0.25, -0.2) is 0 Å². The van der Waals surface area contributed by atoms with Crippen molar-refractivity contribution in [2.45, 2.75) is 25.7 Å². The second-order valence-corrected chi connectivity index (χ2v) is 4.74. The van der Waals surface area contributed by atoms with Crippen molar-refractivity contribution < 1.29 is 9.47 Å². The van der Waals surface area contributed by atoms with Gasteiger partial charge >= 0.3 is 0 Å². The van der Waals surface area contributed by atoms with E-state index in [0.29, 0.717) is 0 Å². The Morgan fingerprint density at radius 1 is 1.32 bits per heavy atom. The third-order valence-corrected chi connectivity index (χ3v) is 3.60. The van der Waals surface area contributed by atoms with Gasteiger partial charge in [-0.15, -0.1) is 0 Å². The first kappa shape index (κ1) is 14.2. The lowest BCUT2D eigenvalue weighted by Gasteiger charge is -2.21. The molecule has 106 valence electrons. The summed E-state index contributed by atoms with van der Waals surface area (Å²) in [5.74, 6) is 0. The topological polar surface area (TPSA) is 46.6 Å². The van der Waals surface area contributed by atoms with Crippen LogP contribution in [0.2, 0.25) is 0 Å². The van der Waals surface area contributed by atoms with Crippen molar-refractivity contribution in [3.05, 3.63) is 24.0 Å². The fraction of sp³-hybridized carbons (Fsp3) is 0.643. The second kappa shape index (κ2) is 6.84. The SMILES string of the molecule is CCNCc1cnccc1N1CC(OC)C(OC)C1. The first-order valence-corrected chi connectivity index (χ1v) is 6.74. The molecule has 2 unspecified atom stereocenters. The van der Waals surface area contributed by atoms with E-state index in [1.165, 1.54) is 11.3 Å². The maximum absolute atomic E-state index is 5.49. The number of aromatic nitrogens is 1. The second-order valence-electron chi connectivity index (χ2n) is 4.74. The molecule has 1 aromatic heterocycles. The summed E-state index contributed by atoms with van der Waals surface area (Å²) in [4.78, 5) is 6.54. The highest BCUT2D eigenvalue weighted by Crippen LogP contribution is 2.26. The lowest BCUT2D eigenvalue weighted by Crippen LogP contribution is -2.27. The normalized spacial score (nSPS) is 23.0. The number of hydrogen-bond acceptors (Lipinski definition) is 5. The molecule has 2 heterocycles. The Hall–Kier alpha value is -1.17. The van der Waals surface area contributed by atoms with Crippen LogP contribution in [0.1, 0.15) is 12.5 Å². The minimum atomic E-state index is 0.130. The van der Waals surface area contributed by atoms with E-state index in [1.807, 2.05) is 12.4 Å². The van der Waals surface area contributed by atoms with Crippen molar-refractivity contribution >= 4 is 5.69 Å². The van der Waals surface area contributed by atoms with E-state index in [9.17, 15) is 0 Å². The number of hydrogen-bond donors (Lipinski definition) is 1. The predicted octanol–water partition coefficient (Wildman–Crippen LogP) is 1.04. The highest BCUT2D eigenvalue weighted by molar-refractivity contribution is 5.53. The molecule has 1 fully saturated rings. The van der Waals surface area contributed by atoms with Gasteiger partial charge in [0, 0.05) is 57.5 Å². The van der Waals surface area contributed by atoms with Gasteiger partial charge in [0.2, 0.25) is 0 Å². The lowest BCUT2D eigenvalue weighted by atomic mass is 10.2. The summed E-state index contributed by atoms with van der Waals surface area (Å²) in [7, 11) is 3.48. The largest absolute Gasteiger partial charge is 0.377 e. The van der Waals surface area contributed by atoms with Crippen LogP contribution in [0.5, 0.6) is 0 Å². The van der Waals surface area contributed by atoms with E-state index in [0.717, 1.165) is 26.2 Å². The van der Waals surface area contributed by atoms with Crippen molar-refractivity contribution in [1.82, 2.24) is 10.3 Å². The quantitative estimate of drug-likeness (QED) is 0.833. The molecule has 19 heavy (non-hydrogen) atoms. The van der Waals surface area contributed by atoms with Crippen LogP contribution in [0, 0.1) is 0 Å². The molecule has 0 radical (unpaired) electrons. The number of nitrogens with zero attached hydrogens (tertiary/aromatic N) is 2. The van der Waals surface area contributed by atoms with Gasteiger partial charge in [0.25, 0.3) is 0 Å². The molecular formula is C14H23N3O2. The Balaban J connectivity index is 2.13. The number of nitrogens with one attached hydrogen (secondary N) is 1. The maximum atomic E-state index is 5.49. The Morgan fingerprint density at radius 2 is 2.00 bits per heavy atom. The monoisotopic (exact) mass is 265 g/mol. The third-order valence-electron chi connectivity index (χ3n) is 3.60. The summed E-state index contributed by atoms with van der Waals surface area (Å²) in [5, 5.41) is 3.35. The first-order chi connectivity index (χ1) is 9.30. The number of anilines is 1. The van der Waals surface area contributed by atoms with Gasteiger partial charge in [0.15, 0.2) is 0 Å². The van der Waals surface area contributed by atoms with Gasteiger partial charge in [-0.2, -0.15) is 0 Å². The zero-order valence-electron chi connectivity index (χ0n) is 11.9. The third kappa shape index (κ3) is 3.23. The molecular weight excluding hydrogens is 242 g/mol. The Morgan fingerprint density at radius 3 is 2.58 bits per heavy atom. The van der Waals surface area contributed by atoms with Crippen LogP contribution in [0.4, 0.5) is 5.69 Å². The van der Waals surface area contributed by atoms with Crippen LogP contribution in [0.15, 0.2) is 18.5 Å². The molecule has 0 saturated carbocycles. The van der Waals surface area contributed by atoms with Crippen LogP contribution in [0.25, 0.3) is 0 Å². The van der Waals surface area contributed by atoms with E-state index in [1.54, 1.807) is 14.2 Å². The summed E-state index contributed by atoms with van der Waals surface area (Å²) >= 11 is 0. The molecule has 0 amide bonds. The number of pyridine rings is 1.